The Labute approximate surface area is 150 Å². The van der Waals surface area contributed by atoms with Crippen LogP contribution in [0.4, 0.5) is 0 Å². The zero-order valence-corrected chi connectivity index (χ0v) is 15.3. The monoisotopic (exact) mass is 295 g/mol. The fraction of sp³-hybridized carbons (Fsp3) is 0.353. The molecule has 0 aliphatic rings. The summed E-state index contributed by atoms with van der Waals surface area (Å²) in [4.78, 5) is 14.0. The first-order valence-corrected chi connectivity index (χ1v) is 7.10. The molecule has 0 aliphatic carbocycles. The van der Waals surface area contributed by atoms with Crippen LogP contribution in [0.15, 0.2) is 42.5 Å². The van der Waals surface area contributed by atoms with Crippen molar-refractivity contribution in [1.29, 1.82) is 0 Å². The summed E-state index contributed by atoms with van der Waals surface area (Å²) in [5.74, 6) is 0.791. The van der Waals surface area contributed by atoms with Gasteiger partial charge in [0.25, 0.3) is 5.91 Å². The van der Waals surface area contributed by atoms with Crippen LogP contribution in [0.5, 0.6) is 5.75 Å². The Bertz CT molecular complexity index is 597. The first-order valence-electron chi connectivity index (χ1n) is 7.10. The second-order valence-electron chi connectivity index (χ2n) is 4.75. The summed E-state index contributed by atoms with van der Waals surface area (Å²) >= 11 is 0. The van der Waals surface area contributed by atoms with Crippen molar-refractivity contribution in [3.8, 4) is 5.75 Å². The van der Waals surface area contributed by atoms with Crippen molar-refractivity contribution in [1.82, 2.24) is 4.90 Å². The predicted octanol–water partition coefficient (Wildman–Crippen LogP) is 0.592. The Morgan fingerprint density at radius 3 is 2.43 bits per heavy atom. The molecule has 1 atom stereocenters. The summed E-state index contributed by atoms with van der Waals surface area (Å²) in [6, 6.07) is 13.9. The van der Waals surface area contributed by atoms with Gasteiger partial charge >= 0.3 is 29.6 Å². The van der Waals surface area contributed by atoms with Gasteiger partial charge in [0, 0.05) is 18.5 Å². The molecule has 0 bridgehead atoms. The van der Waals surface area contributed by atoms with Crippen LogP contribution < -0.4 is 34.3 Å². The van der Waals surface area contributed by atoms with Crippen LogP contribution in [-0.2, 0) is 4.79 Å². The van der Waals surface area contributed by atoms with E-state index in [1.165, 1.54) is 0 Å². The van der Waals surface area contributed by atoms with Gasteiger partial charge in [-0.1, -0.05) is 36.4 Å². The second kappa shape index (κ2) is 8.42. The van der Waals surface area contributed by atoms with E-state index >= 15 is 0 Å². The average Bonchev–Trinajstić information content (AvgIpc) is 2.48. The number of likely N-dealkylation sites (N-methyl/N-ethyl adjacent to an activating group) is 1. The van der Waals surface area contributed by atoms with Crippen molar-refractivity contribution < 1.29 is 40.5 Å². The number of benzene rings is 2. The Hall–Kier alpha value is -1.03. The van der Waals surface area contributed by atoms with Crippen molar-refractivity contribution in [3.63, 3.8) is 0 Å². The molecule has 108 valence electrons. The van der Waals surface area contributed by atoms with Gasteiger partial charge in [-0.3, -0.25) is 4.79 Å². The summed E-state index contributed by atoms with van der Waals surface area (Å²) in [6.07, 6.45) is -0.472. The van der Waals surface area contributed by atoms with Gasteiger partial charge in [-0.2, -0.15) is 0 Å². The number of carbonyl (C=O) groups is 1. The molecule has 0 heterocycles. The molecule has 0 N–H and O–H groups in total. The number of hydrogen-bond donors (Lipinski definition) is 0. The van der Waals surface area contributed by atoms with Crippen molar-refractivity contribution in [3.05, 3.63) is 42.5 Å². The number of ether oxygens (including phenoxy) is 1. The minimum absolute atomic E-state index is 0. The molecular weight excluding hydrogens is 273 g/mol. The maximum Gasteiger partial charge on any atom is 1.00 e. The van der Waals surface area contributed by atoms with Gasteiger partial charge < -0.3 is 11.1 Å². The van der Waals surface area contributed by atoms with Crippen LogP contribution in [0.3, 0.4) is 0 Å². The number of rotatable bonds is 5. The molecule has 2 rings (SSSR count). The molecule has 0 saturated carbocycles. The Balaban J connectivity index is 0.00000220. The van der Waals surface area contributed by atoms with E-state index in [0.29, 0.717) is 13.1 Å². The van der Waals surface area contributed by atoms with Gasteiger partial charge in [0.2, 0.25) is 0 Å². The molecule has 21 heavy (non-hydrogen) atoms. The van der Waals surface area contributed by atoms with Crippen LogP contribution in [-0.4, -0.2) is 30.0 Å². The van der Waals surface area contributed by atoms with Crippen LogP contribution in [0.25, 0.3) is 10.8 Å². The van der Waals surface area contributed by atoms with E-state index in [0.717, 1.165) is 16.5 Å². The maximum absolute atomic E-state index is 12.2. The normalized spacial score (nSPS) is 11.6. The molecule has 4 heteroatoms. The topological polar surface area (TPSA) is 29.5 Å². The Morgan fingerprint density at radius 1 is 1.14 bits per heavy atom. The molecule has 0 saturated heterocycles. The number of amides is 1. The molecule has 2 aromatic carbocycles. The smallest absolute Gasteiger partial charge is 1.00 e. The standard InChI is InChI=1S/C17H21NO2.Na.H/c1-4-18(5-2)17(19)13(3)20-16-12-8-10-14-9-6-7-11-15(14)16;;/h6-13H,4-5H2,1-3H3;;/q;+1;-1. The first-order chi connectivity index (χ1) is 9.67. The van der Waals surface area contributed by atoms with Crippen molar-refractivity contribution in [2.45, 2.75) is 26.9 Å². The summed E-state index contributed by atoms with van der Waals surface area (Å²) in [5, 5.41) is 2.15. The molecule has 0 spiro atoms. The van der Waals surface area contributed by atoms with E-state index in [2.05, 4.69) is 0 Å². The van der Waals surface area contributed by atoms with E-state index in [1.807, 2.05) is 63.2 Å². The van der Waals surface area contributed by atoms with Crippen LogP contribution in [0.1, 0.15) is 22.2 Å². The number of nitrogens with zero attached hydrogens (tertiary/aromatic N) is 1. The van der Waals surface area contributed by atoms with Gasteiger partial charge in [-0.25, -0.2) is 0 Å². The van der Waals surface area contributed by atoms with Gasteiger partial charge in [-0.15, -0.1) is 0 Å². The third-order valence-electron chi connectivity index (χ3n) is 3.48. The Morgan fingerprint density at radius 2 is 1.76 bits per heavy atom. The van der Waals surface area contributed by atoms with Crippen molar-refractivity contribution >= 4 is 16.7 Å². The number of carbonyl (C=O) groups excluding carboxylic acids is 1. The predicted molar refractivity (Wildman–Crippen MR) is 83.1 cm³/mol. The number of fused-ring (bicyclic) bond motifs is 1. The summed E-state index contributed by atoms with van der Waals surface area (Å²) in [6.45, 7) is 7.18. The molecule has 0 radical (unpaired) electrons. The van der Waals surface area contributed by atoms with Gasteiger partial charge in [0.15, 0.2) is 6.10 Å². The van der Waals surface area contributed by atoms with E-state index in [-0.39, 0.29) is 36.9 Å². The molecular formula is C17H22NNaO2. The minimum Gasteiger partial charge on any atom is -1.00 e. The van der Waals surface area contributed by atoms with Crippen LogP contribution in [0, 0.1) is 0 Å². The van der Waals surface area contributed by atoms with Crippen molar-refractivity contribution in [2.24, 2.45) is 0 Å². The van der Waals surface area contributed by atoms with Crippen molar-refractivity contribution in [2.75, 3.05) is 13.1 Å². The van der Waals surface area contributed by atoms with E-state index in [9.17, 15) is 4.79 Å². The molecule has 1 amide bonds. The second-order valence-corrected chi connectivity index (χ2v) is 4.75. The van der Waals surface area contributed by atoms with Crippen LogP contribution >= 0.6 is 0 Å². The van der Waals surface area contributed by atoms with E-state index < -0.39 is 6.10 Å². The summed E-state index contributed by atoms with van der Waals surface area (Å²) in [7, 11) is 0. The maximum atomic E-state index is 12.2. The zero-order valence-electron chi connectivity index (χ0n) is 14.3. The SMILES string of the molecule is CCN(CC)C(=O)C(C)Oc1cccc2ccccc12.[H-].[Na+]. The zero-order chi connectivity index (χ0) is 14.5. The fourth-order valence-electron chi connectivity index (χ4n) is 2.33. The summed E-state index contributed by atoms with van der Waals surface area (Å²) in [5.41, 5.74) is 0. The molecule has 0 aliphatic heterocycles. The van der Waals surface area contributed by atoms with Crippen LogP contribution in [0.2, 0.25) is 0 Å². The molecule has 3 nitrogen and oxygen atoms in total. The summed E-state index contributed by atoms with van der Waals surface area (Å²) < 4.78 is 5.88. The Kier molecular flexibility index (Phi) is 7.23. The fourth-order valence-corrected chi connectivity index (χ4v) is 2.33. The minimum atomic E-state index is -0.472. The van der Waals surface area contributed by atoms with Gasteiger partial charge in [0.05, 0.1) is 0 Å². The molecule has 0 fully saturated rings. The third-order valence-corrected chi connectivity index (χ3v) is 3.48. The number of hydrogen-bond acceptors (Lipinski definition) is 2. The largest absolute Gasteiger partial charge is 1.00 e. The average molecular weight is 295 g/mol. The third kappa shape index (κ3) is 4.22. The molecule has 2 aromatic rings. The van der Waals surface area contributed by atoms with E-state index in [4.69, 9.17) is 4.74 Å². The van der Waals surface area contributed by atoms with Gasteiger partial charge in [0.1, 0.15) is 5.75 Å². The quantitative estimate of drug-likeness (QED) is 0.756. The van der Waals surface area contributed by atoms with Gasteiger partial charge in [-0.05, 0) is 32.2 Å². The molecule has 1 unspecified atom stereocenters. The van der Waals surface area contributed by atoms with E-state index in [1.54, 1.807) is 4.90 Å². The first kappa shape index (κ1) is 18.0. The molecule has 0 aromatic heterocycles.